The van der Waals surface area contributed by atoms with Gasteiger partial charge in [0.2, 0.25) is 5.78 Å². The van der Waals surface area contributed by atoms with Crippen molar-refractivity contribution in [2.75, 3.05) is 46.6 Å². The summed E-state index contributed by atoms with van der Waals surface area (Å²) in [6, 6.07) is 29.0. The molecule has 0 aliphatic heterocycles. The number of ketones is 1. The third kappa shape index (κ3) is 11.1. The van der Waals surface area contributed by atoms with E-state index in [2.05, 4.69) is 58.4 Å². The number of aromatic hydroxyl groups is 1. The minimum Gasteiger partial charge on any atom is -0.506 e. The Labute approximate surface area is 352 Å². The Morgan fingerprint density at radius 2 is 1.17 bits per heavy atom. The van der Waals surface area contributed by atoms with E-state index in [1.165, 1.54) is 6.08 Å². The number of phenols is 1. The van der Waals surface area contributed by atoms with Crippen molar-refractivity contribution >= 4 is 57.7 Å². The number of carbonyl (C=O) groups is 3. The maximum atomic E-state index is 12.5. The molecule has 6 rings (SSSR count). The smallest absolute Gasteiger partial charge is 0.255 e. The number of nitrogens with one attached hydrogen (secondary N) is 3. The van der Waals surface area contributed by atoms with Crippen LogP contribution in [0.4, 0.5) is 34.4 Å². The normalized spacial score (nSPS) is 12.7. The van der Waals surface area contributed by atoms with E-state index < -0.39 is 0 Å². The van der Waals surface area contributed by atoms with Crippen molar-refractivity contribution in [3.63, 3.8) is 0 Å². The minimum atomic E-state index is -0.330. The number of benzene rings is 3. The number of aliphatic imine (C=N–C) groups is 1. The van der Waals surface area contributed by atoms with Crippen LogP contribution in [0.3, 0.4) is 0 Å². The quantitative estimate of drug-likeness (QED) is 0.0518. The summed E-state index contributed by atoms with van der Waals surface area (Å²) in [6.45, 7) is 19.6. The van der Waals surface area contributed by atoms with Crippen LogP contribution in [-0.4, -0.2) is 64.6 Å². The molecule has 1 aliphatic rings. The average Bonchev–Trinajstić information content (AvgIpc) is 3.24. The van der Waals surface area contributed by atoms with E-state index in [9.17, 15) is 19.5 Å². The number of nitrogens with zero attached hydrogens (tertiary/aromatic N) is 5. The molecular formula is C48H54N8O4. The van der Waals surface area contributed by atoms with Crippen LogP contribution in [0, 0.1) is 20.8 Å². The summed E-state index contributed by atoms with van der Waals surface area (Å²) in [5.41, 5.74) is 7.87. The monoisotopic (exact) mass is 806 g/mol. The first-order valence-electron chi connectivity index (χ1n) is 20.2. The Balaban J connectivity index is 0.000000228. The Hall–Kier alpha value is -7.08. The second-order valence-corrected chi connectivity index (χ2v) is 14.1. The summed E-state index contributed by atoms with van der Waals surface area (Å²) in [4.78, 5) is 55.8. The fourth-order valence-corrected chi connectivity index (χ4v) is 6.44. The van der Waals surface area contributed by atoms with E-state index in [0.29, 0.717) is 22.5 Å². The van der Waals surface area contributed by atoms with E-state index in [1.54, 1.807) is 66.7 Å². The van der Waals surface area contributed by atoms with Gasteiger partial charge >= 0.3 is 0 Å². The first-order chi connectivity index (χ1) is 28.8. The highest BCUT2D eigenvalue weighted by Gasteiger charge is 2.20. The fraction of sp³-hybridized carbons (Fsp3) is 0.250. The predicted molar refractivity (Wildman–Crippen MR) is 243 cm³/mol. The molecule has 310 valence electrons. The molecule has 0 saturated heterocycles. The molecule has 5 aromatic rings. The number of hydrogen-bond donors (Lipinski definition) is 4. The third-order valence-electron chi connectivity index (χ3n) is 10.0. The zero-order chi connectivity index (χ0) is 43.3. The molecular weight excluding hydrogens is 753 g/mol. The molecule has 0 fully saturated rings. The number of allylic oxidation sites excluding steroid dienone is 3. The Bertz CT molecular complexity index is 2420. The topological polar surface area (TPSA) is 152 Å². The SMILES string of the molecule is CCN(CC)c1ccc(N=C2C=C(NC(=O)c3ccccc3)C(=O)C=C2C)c(C)n1.CCN(CC)c1ccc(Nc2cc(NC(=O)c3ccccc3)c(O)cc2C)c(C)n1. The molecule has 2 aromatic heterocycles. The third-order valence-corrected chi connectivity index (χ3v) is 10.0. The lowest BCUT2D eigenvalue weighted by molar-refractivity contribution is -0.111. The van der Waals surface area contributed by atoms with Gasteiger partial charge in [-0.1, -0.05) is 36.4 Å². The van der Waals surface area contributed by atoms with Crippen LogP contribution in [0.2, 0.25) is 0 Å². The van der Waals surface area contributed by atoms with Gasteiger partial charge in [0, 0.05) is 43.0 Å². The van der Waals surface area contributed by atoms with Crippen LogP contribution in [-0.2, 0) is 4.79 Å². The lowest BCUT2D eigenvalue weighted by Crippen LogP contribution is -2.29. The Morgan fingerprint density at radius 1 is 0.633 bits per heavy atom. The molecule has 0 spiro atoms. The molecule has 1 aliphatic carbocycles. The lowest BCUT2D eigenvalue weighted by atomic mass is 10.0. The summed E-state index contributed by atoms with van der Waals surface area (Å²) >= 11 is 0. The standard InChI is InChI=1S/C24H28N4O2.C24H26N4O2/c2*1-5-28(6-2)23-13-12-19(17(4)25-23)26-20-15-21(22(29)14-16(20)3)27-24(30)18-10-8-7-9-11-18/h7-15,26,29H,5-6H2,1-4H3,(H,27,30);7-15H,5-6H2,1-4H3,(H,27,30). The van der Waals surface area contributed by atoms with E-state index in [1.807, 2.05) is 64.1 Å². The molecule has 0 unspecified atom stereocenters. The van der Waals surface area contributed by atoms with Gasteiger partial charge in [-0.2, -0.15) is 0 Å². The highest BCUT2D eigenvalue weighted by molar-refractivity contribution is 6.23. The van der Waals surface area contributed by atoms with Crippen molar-refractivity contribution < 1.29 is 19.5 Å². The Kier molecular flexibility index (Phi) is 15.1. The van der Waals surface area contributed by atoms with Crippen molar-refractivity contribution in [3.8, 4) is 5.75 Å². The van der Waals surface area contributed by atoms with Gasteiger partial charge in [-0.25, -0.2) is 15.0 Å². The van der Waals surface area contributed by atoms with Crippen LogP contribution in [0.5, 0.6) is 5.75 Å². The van der Waals surface area contributed by atoms with E-state index >= 15 is 0 Å². The van der Waals surface area contributed by atoms with Crippen LogP contribution in [0.25, 0.3) is 0 Å². The second kappa shape index (κ2) is 20.6. The fourth-order valence-electron chi connectivity index (χ4n) is 6.44. The summed E-state index contributed by atoms with van der Waals surface area (Å²) < 4.78 is 0. The minimum absolute atomic E-state index is 0.0223. The number of phenolic OH excluding ortho intramolecular Hbond substituents is 1. The van der Waals surface area contributed by atoms with Gasteiger partial charge < -0.3 is 30.9 Å². The first-order valence-corrected chi connectivity index (χ1v) is 20.2. The van der Waals surface area contributed by atoms with Crippen molar-refractivity contribution in [2.45, 2.75) is 55.4 Å². The molecule has 4 N–H and O–H groups in total. The zero-order valence-corrected chi connectivity index (χ0v) is 35.6. The van der Waals surface area contributed by atoms with Crippen LogP contribution in [0.15, 0.2) is 125 Å². The average molecular weight is 807 g/mol. The van der Waals surface area contributed by atoms with Gasteiger partial charge in [0.1, 0.15) is 17.4 Å². The first kappa shape index (κ1) is 44.0. The second-order valence-electron chi connectivity index (χ2n) is 14.1. The molecule has 0 saturated carbocycles. The van der Waals surface area contributed by atoms with Crippen molar-refractivity contribution in [2.24, 2.45) is 4.99 Å². The molecule has 0 atom stereocenters. The largest absolute Gasteiger partial charge is 0.506 e. The van der Waals surface area contributed by atoms with Gasteiger partial charge in [-0.15, -0.1) is 0 Å². The summed E-state index contributed by atoms with van der Waals surface area (Å²) in [5, 5.41) is 19.2. The molecule has 2 amide bonds. The number of aromatic nitrogens is 2. The van der Waals surface area contributed by atoms with E-state index in [-0.39, 0.29) is 29.0 Å². The highest BCUT2D eigenvalue weighted by Crippen LogP contribution is 2.33. The maximum Gasteiger partial charge on any atom is 0.255 e. The predicted octanol–water partition coefficient (Wildman–Crippen LogP) is 9.40. The molecule has 60 heavy (non-hydrogen) atoms. The van der Waals surface area contributed by atoms with E-state index in [0.717, 1.165) is 77.4 Å². The maximum absolute atomic E-state index is 12.5. The van der Waals surface area contributed by atoms with Crippen LogP contribution in [0.1, 0.15) is 72.3 Å². The number of aryl methyl sites for hydroxylation is 3. The lowest BCUT2D eigenvalue weighted by Gasteiger charge is -2.21. The summed E-state index contributed by atoms with van der Waals surface area (Å²) in [5.74, 6) is 1.03. The van der Waals surface area contributed by atoms with Crippen molar-refractivity contribution in [1.29, 1.82) is 0 Å². The molecule has 0 bridgehead atoms. The zero-order valence-electron chi connectivity index (χ0n) is 35.6. The Morgan fingerprint density at radius 3 is 1.70 bits per heavy atom. The summed E-state index contributed by atoms with van der Waals surface area (Å²) in [7, 11) is 0. The van der Waals surface area contributed by atoms with Crippen molar-refractivity contribution in [1.82, 2.24) is 15.3 Å². The number of rotatable bonds is 13. The number of carbonyl (C=O) groups excluding carboxylic acids is 3. The number of hydrogen-bond acceptors (Lipinski definition) is 10. The molecule has 12 nitrogen and oxygen atoms in total. The number of amides is 2. The molecule has 2 heterocycles. The number of pyridine rings is 2. The molecule has 12 heteroatoms. The van der Waals surface area contributed by atoms with Gasteiger partial charge in [0.05, 0.1) is 39.9 Å². The summed E-state index contributed by atoms with van der Waals surface area (Å²) in [6.07, 6.45) is 3.11. The van der Waals surface area contributed by atoms with Crippen LogP contribution < -0.4 is 25.8 Å². The highest BCUT2D eigenvalue weighted by atomic mass is 16.3. The molecule has 0 radical (unpaired) electrons. The van der Waals surface area contributed by atoms with E-state index in [4.69, 9.17) is 9.98 Å². The van der Waals surface area contributed by atoms with Gasteiger partial charge in [-0.3, -0.25) is 14.4 Å². The molecule has 3 aromatic carbocycles. The van der Waals surface area contributed by atoms with Gasteiger partial charge in [-0.05, 0) is 139 Å². The van der Waals surface area contributed by atoms with Crippen LogP contribution >= 0.6 is 0 Å². The number of anilines is 5. The van der Waals surface area contributed by atoms with Crippen molar-refractivity contribution in [3.05, 3.63) is 149 Å². The van der Waals surface area contributed by atoms with Gasteiger partial charge in [0.25, 0.3) is 11.8 Å². The van der Waals surface area contributed by atoms with Gasteiger partial charge in [0.15, 0.2) is 0 Å².